The molecule has 1 aromatic heterocycles. The molecule has 2 aliphatic carbocycles. The number of nitrogens with zero attached hydrogens (tertiary/aromatic N) is 2. The molecule has 1 aliphatic heterocycles. The van der Waals surface area contributed by atoms with Gasteiger partial charge < -0.3 is 19.5 Å². The highest BCUT2D eigenvalue weighted by Crippen LogP contribution is 2.34. The van der Waals surface area contributed by atoms with E-state index in [2.05, 4.69) is 17.4 Å². The summed E-state index contributed by atoms with van der Waals surface area (Å²) < 4.78 is 40.5. The van der Waals surface area contributed by atoms with Crippen LogP contribution in [0.5, 0.6) is 0 Å². The van der Waals surface area contributed by atoms with E-state index in [9.17, 15) is 18.0 Å². The Hall–Kier alpha value is -2.24. The van der Waals surface area contributed by atoms with Crippen LogP contribution < -0.4 is 5.32 Å². The van der Waals surface area contributed by atoms with Gasteiger partial charge in [-0.2, -0.15) is 4.31 Å². The topological polar surface area (TPSA) is 124 Å². The number of alkyl carbamates (subject to hydrolysis) is 1. The lowest BCUT2D eigenvalue weighted by atomic mass is 9.79. The fraction of sp³-hybridized carbons (Fsp3) is 0.731. The van der Waals surface area contributed by atoms with Crippen molar-refractivity contribution in [2.24, 2.45) is 5.92 Å². The Bertz CT molecular complexity index is 1080. The Kier molecular flexibility index (Phi) is 8.75. The lowest BCUT2D eigenvalue weighted by Gasteiger charge is -2.45. The van der Waals surface area contributed by atoms with Gasteiger partial charge in [-0.25, -0.2) is 18.0 Å². The van der Waals surface area contributed by atoms with Crippen LogP contribution in [0.3, 0.4) is 0 Å². The number of nitrogens with one attached hydrogen (secondary N) is 1. The van der Waals surface area contributed by atoms with E-state index in [-0.39, 0.29) is 25.6 Å². The minimum absolute atomic E-state index is 0.0800. The molecule has 1 N–H and O–H groups in total. The van der Waals surface area contributed by atoms with Gasteiger partial charge in [0.25, 0.3) is 0 Å². The fourth-order valence-electron chi connectivity index (χ4n) is 5.30. The number of fused-ring (bicyclic) bond motifs is 1. The van der Waals surface area contributed by atoms with Crippen LogP contribution in [-0.2, 0) is 48.3 Å². The van der Waals surface area contributed by atoms with Crippen molar-refractivity contribution in [1.29, 1.82) is 0 Å². The van der Waals surface area contributed by atoms with Crippen molar-refractivity contribution in [2.45, 2.75) is 82.5 Å². The molecule has 1 amide bonds. The zero-order valence-electron chi connectivity index (χ0n) is 22.0. The average molecular weight is 538 g/mol. The summed E-state index contributed by atoms with van der Waals surface area (Å²) in [7, 11) is -2.07. The zero-order chi connectivity index (χ0) is 26.6. The van der Waals surface area contributed by atoms with Gasteiger partial charge in [0, 0.05) is 24.4 Å². The molecule has 206 valence electrons. The third-order valence-corrected chi connectivity index (χ3v) is 8.80. The lowest BCUT2D eigenvalue weighted by molar-refractivity contribution is -0.144. The molecule has 0 bridgehead atoms. The van der Waals surface area contributed by atoms with E-state index in [0.29, 0.717) is 12.5 Å². The van der Waals surface area contributed by atoms with Crippen LogP contribution in [0.4, 0.5) is 4.79 Å². The third kappa shape index (κ3) is 7.42. The molecule has 37 heavy (non-hydrogen) atoms. The molecule has 4 rings (SSSR count). The summed E-state index contributed by atoms with van der Waals surface area (Å²) in [6.45, 7) is 2.12. The maximum Gasteiger partial charge on any atom is 0.408 e. The predicted molar refractivity (Wildman–Crippen MR) is 137 cm³/mol. The number of amides is 1. The second-order valence-electron chi connectivity index (χ2n) is 10.9. The van der Waals surface area contributed by atoms with Crippen LogP contribution in [0.1, 0.15) is 62.4 Å². The normalized spacial score (nSPS) is 23.6. The van der Waals surface area contributed by atoms with E-state index >= 15 is 0 Å². The molecule has 1 saturated carbocycles. The standard InChI is InChI=1S/C26H39N3O7S/c1-26(16-29(17-26)37(3,32)33)36-25(31)28-23(24(30)34-2)12-13-35-21-14-18(15-21)8-10-20-11-9-19-6-4-5-7-22(19)27-20/h9,11,18,21,23H,4-8,10,12-17H2,1-3H3,(H,28,31)/t18?,21?,23-/m0/s1. The van der Waals surface area contributed by atoms with Crippen molar-refractivity contribution in [3.05, 3.63) is 29.1 Å². The Labute approximate surface area is 219 Å². The number of aryl methyl sites for hydroxylation is 3. The Balaban J connectivity index is 1.13. The molecular weight excluding hydrogens is 498 g/mol. The highest BCUT2D eigenvalue weighted by molar-refractivity contribution is 7.88. The summed E-state index contributed by atoms with van der Waals surface area (Å²) in [6, 6.07) is 3.52. The second-order valence-corrected chi connectivity index (χ2v) is 12.8. The number of esters is 1. The molecule has 0 unspecified atom stereocenters. The van der Waals surface area contributed by atoms with Crippen molar-refractivity contribution in [3.63, 3.8) is 0 Å². The lowest BCUT2D eigenvalue weighted by Crippen LogP contribution is -2.64. The fourth-order valence-corrected chi connectivity index (χ4v) is 6.32. The van der Waals surface area contributed by atoms with Gasteiger partial charge in [0.2, 0.25) is 10.0 Å². The van der Waals surface area contributed by atoms with Gasteiger partial charge in [-0.3, -0.25) is 4.98 Å². The predicted octanol–water partition coefficient (Wildman–Crippen LogP) is 2.38. The van der Waals surface area contributed by atoms with Crippen LogP contribution in [0.2, 0.25) is 0 Å². The summed E-state index contributed by atoms with van der Waals surface area (Å²) in [6.07, 6.45) is 9.55. The molecule has 11 heteroatoms. The van der Waals surface area contributed by atoms with E-state index in [0.717, 1.165) is 44.8 Å². The molecule has 0 radical (unpaired) electrons. The smallest absolute Gasteiger partial charge is 0.408 e. The molecule has 1 saturated heterocycles. The quantitative estimate of drug-likeness (QED) is 0.427. The van der Waals surface area contributed by atoms with Gasteiger partial charge >= 0.3 is 12.1 Å². The molecule has 0 aromatic carbocycles. The maximum absolute atomic E-state index is 12.4. The number of methoxy groups -OCH3 is 1. The summed E-state index contributed by atoms with van der Waals surface area (Å²) in [5, 5.41) is 2.53. The van der Waals surface area contributed by atoms with Gasteiger partial charge in [-0.15, -0.1) is 0 Å². The summed E-state index contributed by atoms with van der Waals surface area (Å²) in [4.78, 5) is 29.4. The minimum Gasteiger partial charge on any atom is -0.467 e. The van der Waals surface area contributed by atoms with Crippen LogP contribution >= 0.6 is 0 Å². The number of carbonyl (C=O) groups excluding carboxylic acids is 2. The third-order valence-electron chi connectivity index (χ3n) is 7.60. The van der Waals surface area contributed by atoms with Crippen molar-refractivity contribution >= 4 is 22.1 Å². The largest absolute Gasteiger partial charge is 0.467 e. The van der Waals surface area contributed by atoms with Crippen molar-refractivity contribution in [3.8, 4) is 0 Å². The number of hydrogen-bond donors (Lipinski definition) is 1. The SMILES string of the molecule is COC(=O)[C@H](CCOC1CC(CCc2ccc3c(n2)CCCC3)C1)NC(=O)OC1(C)CN(S(C)(=O)=O)C1. The van der Waals surface area contributed by atoms with Gasteiger partial charge in [0.15, 0.2) is 0 Å². The van der Waals surface area contributed by atoms with Gasteiger partial charge in [-0.1, -0.05) is 6.07 Å². The van der Waals surface area contributed by atoms with E-state index in [1.807, 2.05) is 0 Å². The first-order valence-electron chi connectivity index (χ1n) is 13.2. The number of pyridine rings is 1. The molecule has 2 fully saturated rings. The van der Waals surface area contributed by atoms with Crippen LogP contribution in [0, 0.1) is 5.92 Å². The molecule has 10 nitrogen and oxygen atoms in total. The van der Waals surface area contributed by atoms with Gasteiger partial charge in [-0.05, 0) is 75.8 Å². The van der Waals surface area contributed by atoms with Crippen LogP contribution in [0.25, 0.3) is 0 Å². The average Bonchev–Trinajstić information content (AvgIpc) is 2.81. The van der Waals surface area contributed by atoms with E-state index in [4.69, 9.17) is 19.2 Å². The molecular formula is C26H39N3O7S. The van der Waals surface area contributed by atoms with Crippen molar-refractivity contribution in [1.82, 2.24) is 14.6 Å². The minimum atomic E-state index is -3.33. The van der Waals surface area contributed by atoms with Gasteiger partial charge in [0.05, 0.1) is 32.6 Å². The van der Waals surface area contributed by atoms with E-state index in [1.165, 1.54) is 41.2 Å². The Morgan fingerprint density at radius 2 is 1.95 bits per heavy atom. The molecule has 2 heterocycles. The summed E-state index contributed by atoms with van der Waals surface area (Å²) in [5.41, 5.74) is 2.95. The number of rotatable bonds is 11. The Morgan fingerprint density at radius 3 is 2.65 bits per heavy atom. The summed E-state index contributed by atoms with van der Waals surface area (Å²) in [5.74, 6) is 0.0307. The van der Waals surface area contributed by atoms with Gasteiger partial charge in [0.1, 0.15) is 11.6 Å². The first-order chi connectivity index (χ1) is 17.5. The number of aromatic nitrogens is 1. The number of ether oxygens (including phenoxy) is 3. The van der Waals surface area contributed by atoms with Crippen molar-refractivity contribution in [2.75, 3.05) is 33.1 Å². The molecule has 3 aliphatic rings. The monoisotopic (exact) mass is 537 g/mol. The first kappa shape index (κ1) is 27.8. The zero-order valence-corrected chi connectivity index (χ0v) is 22.8. The van der Waals surface area contributed by atoms with Crippen molar-refractivity contribution < 1.29 is 32.2 Å². The molecule has 1 atom stereocenters. The highest BCUT2D eigenvalue weighted by atomic mass is 32.2. The second kappa shape index (κ2) is 11.7. The van der Waals surface area contributed by atoms with E-state index < -0.39 is 33.7 Å². The summed E-state index contributed by atoms with van der Waals surface area (Å²) >= 11 is 0. The van der Waals surface area contributed by atoms with E-state index in [1.54, 1.807) is 6.92 Å². The first-order valence-corrected chi connectivity index (χ1v) is 15.0. The number of carbonyl (C=O) groups is 2. The maximum atomic E-state index is 12.4. The number of sulfonamides is 1. The molecule has 1 aromatic rings. The van der Waals surface area contributed by atoms with Crippen LogP contribution in [0.15, 0.2) is 12.1 Å². The molecule has 0 spiro atoms. The van der Waals surface area contributed by atoms with Crippen LogP contribution in [-0.4, -0.2) is 80.6 Å². The number of hydrogen-bond acceptors (Lipinski definition) is 8. The Morgan fingerprint density at radius 1 is 1.22 bits per heavy atom. The highest BCUT2D eigenvalue weighted by Gasteiger charge is 2.46.